The zero-order valence-electron chi connectivity index (χ0n) is 11.8. The second-order valence-electron chi connectivity index (χ2n) is 4.34. The number of aromatic nitrogens is 3. The highest BCUT2D eigenvalue weighted by atomic mass is 35.5. The fourth-order valence-corrected chi connectivity index (χ4v) is 1.58. The normalized spacial score (nSPS) is 11.4. The summed E-state index contributed by atoms with van der Waals surface area (Å²) >= 11 is 0. The van der Waals surface area contributed by atoms with Gasteiger partial charge in [-0.05, 0) is 31.2 Å². The van der Waals surface area contributed by atoms with Crippen LogP contribution in [0, 0.1) is 0 Å². The molecule has 0 aliphatic heterocycles. The molecule has 0 saturated heterocycles. The van der Waals surface area contributed by atoms with Gasteiger partial charge in [-0.25, -0.2) is 4.98 Å². The molecule has 21 heavy (non-hydrogen) atoms. The smallest absolute Gasteiger partial charge is 0.237 e. The number of nitrogens with two attached hydrogens (primary N) is 1. The van der Waals surface area contributed by atoms with Crippen LogP contribution in [-0.2, 0) is 11.3 Å². The van der Waals surface area contributed by atoms with E-state index in [-0.39, 0.29) is 24.9 Å². The van der Waals surface area contributed by atoms with Crippen molar-refractivity contribution in [2.75, 3.05) is 7.11 Å². The van der Waals surface area contributed by atoms with Crippen LogP contribution >= 0.6 is 12.4 Å². The van der Waals surface area contributed by atoms with Crippen molar-refractivity contribution in [1.82, 2.24) is 20.5 Å². The molecule has 0 spiro atoms. The number of H-pyrrole nitrogens is 1. The molecule has 114 valence electrons. The van der Waals surface area contributed by atoms with E-state index in [1.54, 1.807) is 14.0 Å². The number of nitrogens with one attached hydrogen (secondary N) is 2. The van der Waals surface area contributed by atoms with Crippen LogP contribution in [0.4, 0.5) is 0 Å². The van der Waals surface area contributed by atoms with E-state index < -0.39 is 6.04 Å². The van der Waals surface area contributed by atoms with E-state index in [2.05, 4.69) is 20.5 Å². The molecular formula is C13H18ClN5O2. The monoisotopic (exact) mass is 311 g/mol. The van der Waals surface area contributed by atoms with E-state index in [0.717, 1.165) is 11.3 Å². The number of rotatable bonds is 5. The van der Waals surface area contributed by atoms with Crippen molar-refractivity contribution in [2.24, 2.45) is 5.73 Å². The molecule has 0 saturated carbocycles. The van der Waals surface area contributed by atoms with Gasteiger partial charge in [0, 0.05) is 5.56 Å². The Balaban J connectivity index is 0.00000220. The molecule has 0 aliphatic rings. The minimum Gasteiger partial charge on any atom is -0.497 e. The number of hydrogen-bond acceptors (Lipinski definition) is 5. The zero-order valence-corrected chi connectivity index (χ0v) is 12.6. The molecule has 1 amide bonds. The number of halogens is 1. The molecule has 2 aromatic rings. The molecule has 0 fully saturated rings. The fourth-order valence-electron chi connectivity index (χ4n) is 1.58. The molecule has 0 unspecified atom stereocenters. The van der Waals surface area contributed by atoms with E-state index in [1.807, 2.05) is 24.3 Å². The number of nitrogens with zero attached hydrogens (tertiary/aromatic N) is 2. The Morgan fingerprint density at radius 2 is 2.10 bits per heavy atom. The maximum atomic E-state index is 11.4. The number of ether oxygens (including phenoxy) is 1. The predicted octanol–water partition coefficient (Wildman–Crippen LogP) is 0.866. The molecule has 0 aliphatic carbocycles. The van der Waals surface area contributed by atoms with Crippen LogP contribution in [0.5, 0.6) is 5.75 Å². The van der Waals surface area contributed by atoms with Gasteiger partial charge in [0.1, 0.15) is 11.6 Å². The lowest BCUT2D eigenvalue weighted by atomic mass is 10.2. The SMILES string of the molecule is COc1ccc(-c2n[nH]c(CNC(=O)[C@H](C)N)n2)cc1.Cl. The first-order valence-corrected chi connectivity index (χ1v) is 6.19. The van der Waals surface area contributed by atoms with Crippen LogP contribution in [0.15, 0.2) is 24.3 Å². The Morgan fingerprint density at radius 1 is 1.43 bits per heavy atom. The number of amides is 1. The first kappa shape index (κ1) is 16.9. The van der Waals surface area contributed by atoms with Crippen LogP contribution in [0.2, 0.25) is 0 Å². The van der Waals surface area contributed by atoms with Crippen molar-refractivity contribution in [2.45, 2.75) is 19.5 Å². The highest BCUT2D eigenvalue weighted by Crippen LogP contribution is 2.18. The van der Waals surface area contributed by atoms with Gasteiger partial charge in [0.25, 0.3) is 0 Å². The predicted molar refractivity (Wildman–Crippen MR) is 81.1 cm³/mol. The molecule has 1 atom stereocenters. The maximum absolute atomic E-state index is 11.4. The number of carbonyl (C=O) groups is 1. The third kappa shape index (κ3) is 4.44. The van der Waals surface area contributed by atoms with E-state index >= 15 is 0 Å². The molecule has 1 aromatic heterocycles. The van der Waals surface area contributed by atoms with E-state index in [1.165, 1.54) is 0 Å². The number of carbonyl (C=O) groups excluding carboxylic acids is 1. The third-order valence-corrected chi connectivity index (χ3v) is 2.72. The molecule has 1 heterocycles. The third-order valence-electron chi connectivity index (χ3n) is 2.72. The summed E-state index contributed by atoms with van der Waals surface area (Å²) in [5.41, 5.74) is 6.32. The summed E-state index contributed by atoms with van der Waals surface area (Å²) in [5.74, 6) is 1.68. The first-order chi connectivity index (χ1) is 9.60. The lowest BCUT2D eigenvalue weighted by molar-refractivity contribution is -0.122. The quantitative estimate of drug-likeness (QED) is 0.759. The van der Waals surface area contributed by atoms with Gasteiger partial charge in [-0.15, -0.1) is 12.4 Å². The Hall–Kier alpha value is -2.12. The van der Waals surface area contributed by atoms with Crippen LogP contribution in [0.25, 0.3) is 11.4 Å². The number of benzene rings is 1. The van der Waals surface area contributed by atoms with Gasteiger partial charge >= 0.3 is 0 Å². The van der Waals surface area contributed by atoms with Crippen LogP contribution < -0.4 is 15.8 Å². The zero-order chi connectivity index (χ0) is 14.5. The standard InChI is InChI=1S/C13H17N5O2.ClH/c1-8(14)13(19)15-7-11-16-12(18-17-11)9-3-5-10(20-2)6-4-9;/h3-6,8H,7,14H2,1-2H3,(H,15,19)(H,16,17,18);1H/t8-;/m0./s1. The maximum Gasteiger partial charge on any atom is 0.237 e. The van der Waals surface area contributed by atoms with Crippen molar-refractivity contribution >= 4 is 18.3 Å². The summed E-state index contributed by atoms with van der Waals surface area (Å²) in [6, 6.07) is 6.87. The van der Waals surface area contributed by atoms with Gasteiger partial charge in [0.15, 0.2) is 5.82 Å². The van der Waals surface area contributed by atoms with Gasteiger partial charge in [-0.1, -0.05) is 0 Å². The minimum absolute atomic E-state index is 0. The minimum atomic E-state index is -0.543. The number of aromatic amines is 1. The van der Waals surface area contributed by atoms with Gasteiger partial charge in [-0.2, -0.15) is 5.10 Å². The number of hydrogen-bond donors (Lipinski definition) is 3. The molecule has 1 aromatic carbocycles. The fraction of sp³-hybridized carbons (Fsp3) is 0.308. The topological polar surface area (TPSA) is 106 Å². The highest BCUT2D eigenvalue weighted by molar-refractivity contribution is 5.85. The summed E-state index contributed by atoms with van der Waals surface area (Å²) < 4.78 is 5.09. The molecule has 0 radical (unpaired) electrons. The number of methoxy groups -OCH3 is 1. The summed E-state index contributed by atoms with van der Waals surface area (Å²) in [6.45, 7) is 1.89. The van der Waals surface area contributed by atoms with E-state index in [4.69, 9.17) is 10.5 Å². The van der Waals surface area contributed by atoms with Crippen molar-refractivity contribution in [3.63, 3.8) is 0 Å². The van der Waals surface area contributed by atoms with Crippen molar-refractivity contribution in [3.8, 4) is 17.1 Å². The van der Waals surface area contributed by atoms with Crippen LogP contribution in [0.1, 0.15) is 12.7 Å². The summed E-state index contributed by atoms with van der Waals surface area (Å²) in [7, 11) is 1.61. The Kier molecular flexibility index (Phi) is 6.13. The highest BCUT2D eigenvalue weighted by Gasteiger charge is 2.09. The lowest BCUT2D eigenvalue weighted by Crippen LogP contribution is -2.38. The van der Waals surface area contributed by atoms with Gasteiger partial charge in [-0.3, -0.25) is 9.89 Å². The average Bonchev–Trinajstić information content (AvgIpc) is 2.93. The summed E-state index contributed by atoms with van der Waals surface area (Å²) in [5, 5.41) is 9.55. The van der Waals surface area contributed by atoms with Gasteiger partial charge < -0.3 is 15.8 Å². The Labute approximate surface area is 128 Å². The van der Waals surface area contributed by atoms with E-state index in [0.29, 0.717) is 11.6 Å². The largest absolute Gasteiger partial charge is 0.497 e. The van der Waals surface area contributed by atoms with Gasteiger partial charge in [0.05, 0.1) is 19.7 Å². The molecular weight excluding hydrogens is 294 g/mol. The molecule has 0 bridgehead atoms. The van der Waals surface area contributed by atoms with Crippen LogP contribution in [0.3, 0.4) is 0 Å². The molecule has 4 N–H and O–H groups in total. The second-order valence-corrected chi connectivity index (χ2v) is 4.34. The molecule has 2 rings (SSSR count). The van der Waals surface area contributed by atoms with Crippen molar-refractivity contribution in [3.05, 3.63) is 30.1 Å². The average molecular weight is 312 g/mol. The first-order valence-electron chi connectivity index (χ1n) is 6.19. The molecule has 8 heteroatoms. The molecule has 7 nitrogen and oxygen atoms in total. The second kappa shape index (κ2) is 7.61. The van der Waals surface area contributed by atoms with E-state index in [9.17, 15) is 4.79 Å². The summed E-state index contributed by atoms with van der Waals surface area (Å²) in [6.07, 6.45) is 0. The Morgan fingerprint density at radius 3 is 2.67 bits per heavy atom. The van der Waals surface area contributed by atoms with Crippen molar-refractivity contribution in [1.29, 1.82) is 0 Å². The van der Waals surface area contributed by atoms with Crippen LogP contribution in [-0.4, -0.2) is 34.2 Å². The Bertz CT molecular complexity index is 583. The summed E-state index contributed by atoms with van der Waals surface area (Å²) in [4.78, 5) is 15.7. The van der Waals surface area contributed by atoms with Crippen molar-refractivity contribution < 1.29 is 9.53 Å². The van der Waals surface area contributed by atoms with Gasteiger partial charge in [0.2, 0.25) is 5.91 Å². The lowest BCUT2D eigenvalue weighted by Gasteiger charge is -2.04.